The van der Waals surface area contributed by atoms with Crippen LogP contribution in [0.2, 0.25) is 0 Å². The van der Waals surface area contributed by atoms with Crippen molar-refractivity contribution in [3.63, 3.8) is 0 Å². The van der Waals surface area contributed by atoms with Crippen LogP contribution in [0, 0.1) is 17.7 Å². The Morgan fingerprint density at radius 2 is 1.95 bits per heavy atom. The molecule has 0 amide bonds. The lowest BCUT2D eigenvalue weighted by molar-refractivity contribution is 0.116. The quantitative estimate of drug-likeness (QED) is 0.878. The monoisotopic (exact) mass is 308 g/mol. The molecule has 0 unspecified atom stereocenters. The van der Waals surface area contributed by atoms with Gasteiger partial charge in [0, 0.05) is 64.5 Å². The summed E-state index contributed by atoms with van der Waals surface area (Å²) in [6.07, 6.45) is 1.63. The van der Waals surface area contributed by atoms with Gasteiger partial charge in [-0.15, -0.1) is 0 Å². The number of likely N-dealkylation sites (N-methyl/N-ethyl adjacent to an activating group) is 1. The zero-order valence-corrected chi connectivity index (χ0v) is 13.2. The highest BCUT2D eigenvalue weighted by Gasteiger charge is 2.35. The number of rotatable bonds is 4. The first kappa shape index (κ1) is 15.6. The van der Waals surface area contributed by atoms with Gasteiger partial charge in [0.15, 0.2) is 11.6 Å². The van der Waals surface area contributed by atoms with Gasteiger partial charge in [-0.25, -0.2) is 9.37 Å². The van der Waals surface area contributed by atoms with Crippen LogP contribution in [0.1, 0.15) is 0 Å². The second-order valence-corrected chi connectivity index (χ2v) is 6.52. The molecule has 1 N–H and O–H groups in total. The standard InChI is InChI=1S/C16H25FN4O/c1-19-5-7-20(8-6-19)9-13-10-21(11-14(13)12-22)16-15(17)3-2-4-18-16/h2-4,13-14,22H,5-12H2,1H3/t13-,14-/m1/s1. The zero-order chi connectivity index (χ0) is 15.5. The van der Waals surface area contributed by atoms with Gasteiger partial charge in [0.05, 0.1) is 0 Å². The van der Waals surface area contributed by atoms with E-state index in [1.54, 1.807) is 12.3 Å². The van der Waals surface area contributed by atoms with Crippen LogP contribution < -0.4 is 4.90 Å². The van der Waals surface area contributed by atoms with E-state index in [4.69, 9.17) is 0 Å². The van der Waals surface area contributed by atoms with Crippen molar-refractivity contribution in [1.82, 2.24) is 14.8 Å². The average molecular weight is 308 g/mol. The Morgan fingerprint density at radius 3 is 2.64 bits per heavy atom. The fourth-order valence-electron chi connectivity index (χ4n) is 3.50. The predicted octanol–water partition coefficient (Wildman–Crippen LogP) is 0.513. The van der Waals surface area contributed by atoms with E-state index in [0.717, 1.165) is 39.3 Å². The van der Waals surface area contributed by atoms with Crippen LogP contribution in [0.25, 0.3) is 0 Å². The molecule has 0 saturated carbocycles. The van der Waals surface area contributed by atoms with Gasteiger partial charge in [0.2, 0.25) is 0 Å². The molecule has 22 heavy (non-hydrogen) atoms. The highest BCUT2D eigenvalue weighted by molar-refractivity contribution is 5.41. The number of aromatic nitrogens is 1. The third-order valence-corrected chi connectivity index (χ3v) is 4.94. The molecule has 1 aromatic rings. The lowest BCUT2D eigenvalue weighted by atomic mass is 9.96. The number of halogens is 1. The summed E-state index contributed by atoms with van der Waals surface area (Å²) < 4.78 is 13.9. The Bertz CT molecular complexity index is 493. The fraction of sp³-hybridized carbons (Fsp3) is 0.688. The maximum Gasteiger partial charge on any atom is 0.165 e. The van der Waals surface area contributed by atoms with Gasteiger partial charge in [-0.2, -0.15) is 0 Å². The second-order valence-electron chi connectivity index (χ2n) is 6.52. The molecule has 0 aromatic carbocycles. The van der Waals surface area contributed by atoms with Crippen molar-refractivity contribution in [2.24, 2.45) is 11.8 Å². The number of pyridine rings is 1. The van der Waals surface area contributed by atoms with E-state index in [1.807, 2.05) is 4.90 Å². The lowest BCUT2D eigenvalue weighted by Gasteiger charge is -2.34. The third-order valence-electron chi connectivity index (χ3n) is 4.94. The normalized spacial score (nSPS) is 27.5. The van der Waals surface area contributed by atoms with E-state index >= 15 is 0 Å². The molecule has 3 rings (SSSR count). The Morgan fingerprint density at radius 1 is 1.23 bits per heavy atom. The molecular formula is C16H25FN4O. The molecule has 6 heteroatoms. The van der Waals surface area contributed by atoms with Crippen LogP contribution in [0.5, 0.6) is 0 Å². The number of nitrogens with zero attached hydrogens (tertiary/aromatic N) is 4. The van der Waals surface area contributed by atoms with Crippen LogP contribution in [-0.4, -0.2) is 79.4 Å². The number of hydrogen-bond acceptors (Lipinski definition) is 5. The van der Waals surface area contributed by atoms with Gasteiger partial charge in [-0.05, 0) is 25.1 Å². The summed E-state index contributed by atoms with van der Waals surface area (Å²) in [5, 5.41) is 9.67. The van der Waals surface area contributed by atoms with Gasteiger partial charge in [0.25, 0.3) is 0 Å². The van der Waals surface area contributed by atoms with Crippen molar-refractivity contribution in [2.45, 2.75) is 0 Å². The van der Waals surface area contributed by atoms with Crippen LogP contribution in [-0.2, 0) is 0 Å². The minimum atomic E-state index is -0.278. The SMILES string of the molecule is CN1CCN(C[C@@H]2CN(c3ncccc3F)C[C@@H]2CO)CC1. The molecule has 2 fully saturated rings. The van der Waals surface area contributed by atoms with Crippen LogP contribution >= 0.6 is 0 Å². The average Bonchev–Trinajstić information content (AvgIpc) is 2.93. The number of aliphatic hydroxyl groups is 1. The summed E-state index contributed by atoms with van der Waals surface area (Å²) in [6.45, 7) is 6.91. The second kappa shape index (κ2) is 6.89. The van der Waals surface area contributed by atoms with E-state index in [2.05, 4.69) is 21.8 Å². The zero-order valence-electron chi connectivity index (χ0n) is 13.2. The van der Waals surface area contributed by atoms with E-state index < -0.39 is 0 Å². The van der Waals surface area contributed by atoms with Crippen molar-refractivity contribution in [3.05, 3.63) is 24.1 Å². The number of aliphatic hydroxyl groups excluding tert-OH is 1. The lowest BCUT2D eigenvalue weighted by Crippen LogP contribution is -2.47. The first-order valence-corrected chi connectivity index (χ1v) is 8.04. The van der Waals surface area contributed by atoms with Gasteiger partial charge < -0.3 is 19.8 Å². The van der Waals surface area contributed by atoms with Gasteiger partial charge in [-0.3, -0.25) is 0 Å². The summed E-state index contributed by atoms with van der Waals surface area (Å²) in [7, 11) is 2.15. The molecule has 1 aromatic heterocycles. The van der Waals surface area contributed by atoms with Gasteiger partial charge >= 0.3 is 0 Å². The molecule has 5 nitrogen and oxygen atoms in total. The first-order valence-electron chi connectivity index (χ1n) is 8.04. The highest BCUT2D eigenvalue weighted by atomic mass is 19.1. The number of piperazine rings is 1. The molecule has 0 bridgehead atoms. The molecule has 2 aliphatic heterocycles. The topological polar surface area (TPSA) is 42.8 Å². The van der Waals surface area contributed by atoms with Crippen molar-refractivity contribution >= 4 is 5.82 Å². The van der Waals surface area contributed by atoms with E-state index in [-0.39, 0.29) is 18.3 Å². The summed E-state index contributed by atoms with van der Waals surface area (Å²) in [6, 6.07) is 3.06. The molecule has 2 atom stereocenters. The summed E-state index contributed by atoms with van der Waals surface area (Å²) in [4.78, 5) is 11.0. The molecule has 122 valence electrons. The molecule has 0 spiro atoms. The maximum absolute atomic E-state index is 13.9. The third kappa shape index (κ3) is 3.39. The number of anilines is 1. The predicted molar refractivity (Wildman–Crippen MR) is 84.4 cm³/mol. The molecule has 0 aliphatic carbocycles. The molecule has 2 aliphatic rings. The van der Waals surface area contributed by atoms with Crippen LogP contribution in [0.15, 0.2) is 18.3 Å². The Kier molecular flexibility index (Phi) is 4.90. The Labute approximate surface area is 131 Å². The highest BCUT2D eigenvalue weighted by Crippen LogP contribution is 2.29. The smallest absolute Gasteiger partial charge is 0.165 e. The van der Waals surface area contributed by atoms with Crippen LogP contribution in [0.3, 0.4) is 0 Å². The largest absolute Gasteiger partial charge is 0.396 e. The van der Waals surface area contributed by atoms with E-state index in [1.165, 1.54) is 6.07 Å². The fourth-order valence-corrected chi connectivity index (χ4v) is 3.50. The maximum atomic E-state index is 13.9. The molecular weight excluding hydrogens is 283 g/mol. The molecule has 0 radical (unpaired) electrons. The van der Waals surface area contributed by atoms with Gasteiger partial charge in [-0.1, -0.05) is 0 Å². The number of hydrogen-bond donors (Lipinski definition) is 1. The van der Waals surface area contributed by atoms with E-state index in [0.29, 0.717) is 18.3 Å². The minimum absolute atomic E-state index is 0.156. The van der Waals surface area contributed by atoms with Crippen molar-refractivity contribution in [2.75, 3.05) is 64.4 Å². The molecule has 2 saturated heterocycles. The summed E-state index contributed by atoms with van der Waals surface area (Å²) >= 11 is 0. The van der Waals surface area contributed by atoms with Crippen LogP contribution in [0.4, 0.5) is 10.2 Å². The Hall–Kier alpha value is -1.24. The summed E-state index contributed by atoms with van der Waals surface area (Å²) in [5.41, 5.74) is 0. The molecule has 3 heterocycles. The van der Waals surface area contributed by atoms with Crippen molar-refractivity contribution in [1.29, 1.82) is 0 Å². The summed E-state index contributed by atoms with van der Waals surface area (Å²) in [5.74, 6) is 0.706. The van der Waals surface area contributed by atoms with E-state index in [9.17, 15) is 9.50 Å². The Balaban J connectivity index is 1.64. The minimum Gasteiger partial charge on any atom is -0.396 e. The van der Waals surface area contributed by atoms with Crippen molar-refractivity contribution < 1.29 is 9.50 Å². The van der Waals surface area contributed by atoms with Crippen molar-refractivity contribution in [3.8, 4) is 0 Å². The first-order chi connectivity index (χ1) is 10.7. The van der Waals surface area contributed by atoms with Gasteiger partial charge in [0.1, 0.15) is 0 Å².